The molecular formula is C12H23N5. The average molecular weight is 237 g/mol. The Morgan fingerprint density at radius 2 is 2.00 bits per heavy atom. The fraction of sp³-hybridized carbons (Fsp3) is 0.750. The summed E-state index contributed by atoms with van der Waals surface area (Å²) >= 11 is 0. The minimum atomic E-state index is 0.0485. The molecule has 0 unspecified atom stereocenters. The van der Waals surface area contributed by atoms with E-state index >= 15 is 0 Å². The van der Waals surface area contributed by atoms with Gasteiger partial charge in [-0.15, -0.1) is 0 Å². The molecule has 1 aromatic heterocycles. The van der Waals surface area contributed by atoms with Gasteiger partial charge in [-0.1, -0.05) is 13.8 Å². The summed E-state index contributed by atoms with van der Waals surface area (Å²) in [4.78, 5) is 2.33. The van der Waals surface area contributed by atoms with Crippen LogP contribution in [0.4, 0.5) is 11.5 Å². The predicted molar refractivity (Wildman–Crippen MR) is 70.9 cm³/mol. The van der Waals surface area contributed by atoms with Gasteiger partial charge < -0.3 is 16.4 Å². The Balaban J connectivity index is 2.22. The lowest BCUT2D eigenvalue weighted by atomic mass is 9.94. The van der Waals surface area contributed by atoms with Crippen molar-refractivity contribution in [3.63, 3.8) is 0 Å². The third kappa shape index (κ3) is 2.54. The molecule has 0 bridgehead atoms. The van der Waals surface area contributed by atoms with Crippen LogP contribution in [-0.4, -0.2) is 29.4 Å². The van der Waals surface area contributed by atoms with Gasteiger partial charge in [0.25, 0.3) is 0 Å². The molecule has 0 spiro atoms. The van der Waals surface area contributed by atoms with E-state index in [1.807, 2.05) is 4.68 Å². The first kappa shape index (κ1) is 12.2. The van der Waals surface area contributed by atoms with E-state index in [4.69, 9.17) is 11.5 Å². The molecule has 0 aliphatic carbocycles. The molecule has 5 nitrogen and oxygen atoms in total. The fourth-order valence-corrected chi connectivity index (χ4v) is 2.25. The normalized spacial score (nSPS) is 16.8. The Kier molecular flexibility index (Phi) is 3.28. The van der Waals surface area contributed by atoms with Gasteiger partial charge in [-0.2, -0.15) is 5.10 Å². The van der Waals surface area contributed by atoms with Crippen molar-refractivity contribution >= 4 is 11.5 Å². The van der Waals surface area contributed by atoms with E-state index in [2.05, 4.69) is 23.8 Å². The van der Waals surface area contributed by atoms with E-state index in [9.17, 15) is 0 Å². The summed E-state index contributed by atoms with van der Waals surface area (Å²) in [5.74, 6) is 1.07. The van der Waals surface area contributed by atoms with Crippen molar-refractivity contribution in [3.8, 4) is 0 Å². The summed E-state index contributed by atoms with van der Waals surface area (Å²) in [6.45, 7) is 7.92. The molecule has 0 aromatic carbocycles. The third-order valence-electron chi connectivity index (χ3n) is 3.37. The first-order valence-corrected chi connectivity index (χ1v) is 6.30. The zero-order chi connectivity index (χ0) is 12.5. The van der Waals surface area contributed by atoms with Crippen LogP contribution in [0.1, 0.15) is 26.7 Å². The van der Waals surface area contributed by atoms with Gasteiger partial charge in [-0.3, -0.25) is 0 Å². The lowest BCUT2D eigenvalue weighted by Crippen LogP contribution is -2.31. The van der Waals surface area contributed by atoms with E-state index < -0.39 is 0 Å². The molecule has 2 rings (SSSR count). The molecule has 1 fully saturated rings. The van der Waals surface area contributed by atoms with Gasteiger partial charge in [0.1, 0.15) is 5.82 Å². The van der Waals surface area contributed by atoms with Gasteiger partial charge in [-0.25, -0.2) is 4.68 Å². The van der Waals surface area contributed by atoms with Crippen LogP contribution in [0.25, 0.3) is 0 Å². The highest BCUT2D eigenvalue weighted by Gasteiger charge is 2.24. The molecule has 0 amide bonds. The average Bonchev–Trinajstić information content (AvgIpc) is 2.88. The predicted octanol–water partition coefficient (Wildman–Crippen LogP) is 1.05. The maximum atomic E-state index is 6.03. The number of hydrogen-bond acceptors (Lipinski definition) is 4. The topological polar surface area (TPSA) is 73.1 Å². The zero-order valence-electron chi connectivity index (χ0n) is 10.8. The molecule has 0 saturated carbocycles. The largest absolute Gasteiger partial charge is 0.394 e. The van der Waals surface area contributed by atoms with Crippen LogP contribution >= 0.6 is 0 Å². The van der Waals surface area contributed by atoms with Crippen LogP contribution in [0, 0.1) is 5.41 Å². The van der Waals surface area contributed by atoms with Crippen molar-refractivity contribution in [1.82, 2.24) is 9.78 Å². The van der Waals surface area contributed by atoms with Crippen LogP contribution in [-0.2, 0) is 6.54 Å². The van der Waals surface area contributed by atoms with Gasteiger partial charge in [-0.05, 0) is 24.8 Å². The van der Waals surface area contributed by atoms with E-state index in [-0.39, 0.29) is 5.41 Å². The molecule has 1 aliphatic rings. The van der Waals surface area contributed by atoms with Crippen molar-refractivity contribution in [2.75, 3.05) is 30.3 Å². The van der Waals surface area contributed by atoms with E-state index in [1.165, 1.54) is 12.8 Å². The van der Waals surface area contributed by atoms with E-state index in [0.717, 1.165) is 31.1 Å². The Morgan fingerprint density at radius 3 is 2.59 bits per heavy atom. The van der Waals surface area contributed by atoms with Gasteiger partial charge in [0.2, 0.25) is 0 Å². The van der Waals surface area contributed by atoms with Crippen LogP contribution in [0.2, 0.25) is 0 Å². The lowest BCUT2D eigenvalue weighted by Gasteiger charge is -2.26. The van der Waals surface area contributed by atoms with Crippen LogP contribution in [0.15, 0.2) is 6.20 Å². The summed E-state index contributed by atoms with van der Waals surface area (Å²) in [5.41, 5.74) is 12.6. The van der Waals surface area contributed by atoms with E-state index in [0.29, 0.717) is 6.54 Å². The number of aromatic nitrogens is 2. The number of anilines is 2. The maximum absolute atomic E-state index is 6.03. The summed E-state index contributed by atoms with van der Waals surface area (Å²) < 4.78 is 2.01. The molecule has 4 N–H and O–H groups in total. The summed E-state index contributed by atoms with van der Waals surface area (Å²) in [6.07, 6.45) is 4.23. The van der Waals surface area contributed by atoms with Gasteiger partial charge in [0, 0.05) is 19.6 Å². The Morgan fingerprint density at radius 1 is 1.35 bits per heavy atom. The zero-order valence-corrected chi connectivity index (χ0v) is 10.8. The summed E-state index contributed by atoms with van der Waals surface area (Å²) in [5, 5.41) is 4.39. The van der Waals surface area contributed by atoms with Crippen LogP contribution in [0.3, 0.4) is 0 Å². The van der Waals surface area contributed by atoms with Crippen molar-refractivity contribution in [1.29, 1.82) is 0 Å². The quantitative estimate of drug-likeness (QED) is 0.821. The number of nitrogens with two attached hydrogens (primary N) is 2. The third-order valence-corrected chi connectivity index (χ3v) is 3.37. The van der Waals surface area contributed by atoms with Crippen molar-refractivity contribution in [2.45, 2.75) is 33.2 Å². The van der Waals surface area contributed by atoms with Gasteiger partial charge >= 0.3 is 0 Å². The smallest absolute Gasteiger partial charge is 0.150 e. The molecule has 2 heterocycles. The number of rotatable bonds is 4. The minimum absolute atomic E-state index is 0.0485. The minimum Gasteiger partial charge on any atom is -0.394 e. The maximum Gasteiger partial charge on any atom is 0.150 e. The molecule has 1 aromatic rings. The molecule has 0 atom stereocenters. The number of hydrogen-bond donors (Lipinski definition) is 2. The highest BCUT2D eigenvalue weighted by Crippen LogP contribution is 2.29. The van der Waals surface area contributed by atoms with Crippen molar-refractivity contribution < 1.29 is 0 Å². The summed E-state index contributed by atoms with van der Waals surface area (Å²) in [6, 6.07) is 0. The molecule has 1 saturated heterocycles. The Bertz CT molecular complexity index is 376. The molecular weight excluding hydrogens is 214 g/mol. The first-order valence-electron chi connectivity index (χ1n) is 6.30. The lowest BCUT2D eigenvalue weighted by molar-refractivity contribution is 0.302. The first-order chi connectivity index (χ1) is 8.03. The van der Waals surface area contributed by atoms with E-state index in [1.54, 1.807) is 6.20 Å². The van der Waals surface area contributed by atoms with Gasteiger partial charge in [0.05, 0.1) is 11.9 Å². The van der Waals surface area contributed by atoms with Crippen LogP contribution < -0.4 is 16.4 Å². The highest BCUT2D eigenvalue weighted by atomic mass is 15.4. The highest BCUT2D eigenvalue weighted by molar-refractivity contribution is 5.62. The SMILES string of the molecule is CC(C)(CN)Cn1ncc(N)c1N1CCCC1. The molecule has 1 aliphatic heterocycles. The number of nitrogen functional groups attached to an aromatic ring is 1. The van der Waals surface area contributed by atoms with Crippen molar-refractivity contribution in [2.24, 2.45) is 11.1 Å². The summed E-state index contributed by atoms with van der Waals surface area (Å²) in [7, 11) is 0. The monoisotopic (exact) mass is 237 g/mol. The second kappa shape index (κ2) is 4.56. The van der Waals surface area contributed by atoms with Crippen LogP contribution in [0.5, 0.6) is 0 Å². The second-order valence-corrected chi connectivity index (χ2v) is 5.64. The molecule has 17 heavy (non-hydrogen) atoms. The molecule has 0 radical (unpaired) electrons. The fourth-order valence-electron chi connectivity index (χ4n) is 2.25. The Hall–Kier alpha value is -1.23. The Labute approximate surface area is 103 Å². The standard InChI is InChI=1S/C12H23N5/c1-12(2,8-13)9-17-11(10(14)7-15-17)16-5-3-4-6-16/h7H,3-6,8-9,13-14H2,1-2H3. The number of nitrogens with zero attached hydrogens (tertiary/aromatic N) is 3. The molecule has 96 valence electrons. The second-order valence-electron chi connectivity index (χ2n) is 5.64. The van der Waals surface area contributed by atoms with Gasteiger partial charge in [0.15, 0.2) is 0 Å². The molecule has 5 heteroatoms. The van der Waals surface area contributed by atoms with Crippen molar-refractivity contribution in [3.05, 3.63) is 6.20 Å².